The highest BCUT2D eigenvalue weighted by molar-refractivity contribution is 5.95. The zero-order valence-electron chi connectivity index (χ0n) is 13.2. The molecule has 5 nitrogen and oxygen atoms in total. The van der Waals surface area contributed by atoms with Crippen molar-refractivity contribution in [1.29, 1.82) is 0 Å². The van der Waals surface area contributed by atoms with Gasteiger partial charge in [-0.15, -0.1) is 0 Å². The summed E-state index contributed by atoms with van der Waals surface area (Å²) in [6, 6.07) is 7.37. The summed E-state index contributed by atoms with van der Waals surface area (Å²) in [5, 5.41) is 10.5. The van der Waals surface area contributed by atoms with Crippen LogP contribution in [-0.4, -0.2) is 28.8 Å². The molecule has 0 amide bonds. The predicted octanol–water partition coefficient (Wildman–Crippen LogP) is 4.00. The number of nitrogens with zero attached hydrogens (tertiary/aromatic N) is 1. The van der Waals surface area contributed by atoms with Crippen molar-refractivity contribution < 1.29 is 19.4 Å². The standard InChI is InChI=1S/C18H21NO4/c1-23-18(22)19-11-15(13-8-4-5-9-16(13)19)14(17(20)21)10-12-6-2-3-7-12/h4-5,8-9,11-12,14H,2-3,6-7,10H2,1H3,(H,20,21). The van der Waals surface area contributed by atoms with Crippen molar-refractivity contribution >= 4 is 23.0 Å². The molecule has 1 aromatic heterocycles. The molecule has 0 aliphatic heterocycles. The van der Waals surface area contributed by atoms with Crippen LogP contribution in [0.2, 0.25) is 0 Å². The molecule has 1 N–H and O–H groups in total. The number of carbonyl (C=O) groups is 2. The van der Waals surface area contributed by atoms with Crippen molar-refractivity contribution in [2.45, 2.75) is 38.0 Å². The van der Waals surface area contributed by atoms with Gasteiger partial charge in [0.15, 0.2) is 0 Å². The number of rotatable bonds is 4. The van der Waals surface area contributed by atoms with E-state index in [0.717, 1.165) is 18.2 Å². The van der Waals surface area contributed by atoms with Gasteiger partial charge in [-0.1, -0.05) is 43.9 Å². The minimum absolute atomic E-state index is 0.455. The fourth-order valence-corrected chi connectivity index (χ4v) is 3.67. The van der Waals surface area contributed by atoms with Crippen LogP contribution >= 0.6 is 0 Å². The van der Waals surface area contributed by atoms with Gasteiger partial charge in [0.25, 0.3) is 0 Å². The van der Waals surface area contributed by atoms with Gasteiger partial charge in [0.05, 0.1) is 18.5 Å². The molecule has 1 aliphatic rings. The van der Waals surface area contributed by atoms with Gasteiger partial charge in [-0.25, -0.2) is 4.79 Å². The first-order valence-corrected chi connectivity index (χ1v) is 8.03. The highest BCUT2D eigenvalue weighted by Gasteiger charge is 2.29. The number of carbonyl (C=O) groups excluding carboxylic acids is 1. The number of fused-ring (bicyclic) bond motifs is 1. The number of aliphatic carboxylic acids is 1. The van der Waals surface area contributed by atoms with Crippen LogP contribution in [0.4, 0.5) is 4.79 Å². The average Bonchev–Trinajstić information content (AvgIpc) is 3.19. The third-order valence-corrected chi connectivity index (χ3v) is 4.83. The molecule has 1 aliphatic carbocycles. The first-order valence-electron chi connectivity index (χ1n) is 8.03. The average molecular weight is 315 g/mol. The van der Waals surface area contributed by atoms with Crippen LogP contribution in [0.1, 0.15) is 43.6 Å². The molecule has 1 atom stereocenters. The Kier molecular flexibility index (Phi) is 4.37. The Hall–Kier alpha value is -2.30. The van der Waals surface area contributed by atoms with E-state index >= 15 is 0 Å². The second-order valence-corrected chi connectivity index (χ2v) is 6.22. The number of methoxy groups -OCH3 is 1. The van der Waals surface area contributed by atoms with Crippen LogP contribution < -0.4 is 0 Å². The highest BCUT2D eigenvalue weighted by atomic mass is 16.5. The molecule has 5 heteroatoms. The Balaban J connectivity index is 2.05. The normalized spacial score (nSPS) is 16.6. The minimum Gasteiger partial charge on any atom is -0.481 e. The van der Waals surface area contributed by atoms with Crippen LogP contribution in [-0.2, 0) is 9.53 Å². The molecule has 1 aromatic carbocycles. The molecule has 0 saturated heterocycles. The predicted molar refractivity (Wildman–Crippen MR) is 86.7 cm³/mol. The number of ether oxygens (including phenoxy) is 1. The van der Waals surface area contributed by atoms with E-state index in [9.17, 15) is 14.7 Å². The molecule has 1 fully saturated rings. The molecule has 0 bridgehead atoms. The van der Waals surface area contributed by atoms with Crippen molar-refractivity contribution in [2.24, 2.45) is 5.92 Å². The first-order chi connectivity index (χ1) is 11.1. The number of aromatic nitrogens is 1. The molecular weight excluding hydrogens is 294 g/mol. The van der Waals surface area contributed by atoms with Crippen LogP contribution in [0.5, 0.6) is 0 Å². The van der Waals surface area contributed by atoms with Gasteiger partial charge in [0, 0.05) is 11.6 Å². The third-order valence-electron chi connectivity index (χ3n) is 4.83. The zero-order chi connectivity index (χ0) is 16.4. The Morgan fingerprint density at radius 3 is 2.65 bits per heavy atom. The second kappa shape index (κ2) is 6.44. The van der Waals surface area contributed by atoms with E-state index in [1.54, 1.807) is 6.20 Å². The number of carboxylic acids is 1. The number of hydrogen-bond donors (Lipinski definition) is 1. The monoisotopic (exact) mass is 315 g/mol. The topological polar surface area (TPSA) is 68.5 Å². The van der Waals surface area contributed by atoms with E-state index in [1.807, 2.05) is 24.3 Å². The lowest BCUT2D eigenvalue weighted by molar-refractivity contribution is -0.139. The molecule has 3 rings (SSSR count). The maximum atomic E-state index is 12.0. The molecule has 1 heterocycles. The zero-order valence-corrected chi connectivity index (χ0v) is 13.2. The Morgan fingerprint density at radius 2 is 2.00 bits per heavy atom. The molecule has 0 spiro atoms. The first kappa shape index (κ1) is 15.6. The fourth-order valence-electron chi connectivity index (χ4n) is 3.67. The summed E-state index contributed by atoms with van der Waals surface area (Å²) < 4.78 is 6.21. The molecule has 23 heavy (non-hydrogen) atoms. The van der Waals surface area contributed by atoms with E-state index < -0.39 is 18.0 Å². The summed E-state index contributed by atoms with van der Waals surface area (Å²) in [5.41, 5.74) is 1.39. The summed E-state index contributed by atoms with van der Waals surface area (Å²) in [6.45, 7) is 0. The van der Waals surface area contributed by atoms with Gasteiger partial charge in [0.1, 0.15) is 0 Å². The van der Waals surface area contributed by atoms with Crippen LogP contribution in [0, 0.1) is 5.92 Å². The molecule has 122 valence electrons. The smallest absolute Gasteiger partial charge is 0.418 e. The van der Waals surface area contributed by atoms with Crippen molar-refractivity contribution in [1.82, 2.24) is 4.57 Å². The number of carboxylic acid groups (broad SMARTS) is 1. The number of benzene rings is 1. The van der Waals surface area contributed by atoms with E-state index in [0.29, 0.717) is 23.4 Å². The van der Waals surface area contributed by atoms with Gasteiger partial charge in [-0.05, 0) is 24.0 Å². The summed E-state index contributed by atoms with van der Waals surface area (Å²) >= 11 is 0. The number of hydrogen-bond acceptors (Lipinski definition) is 3. The van der Waals surface area contributed by atoms with Crippen LogP contribution in [0.3, 0.4) is 0 Å². The lowest BCUT2D eigenvalue weighted by Gasteiger charge is -2.16. The van der Waals surface area contributed by atoms with Gasteiger partial charge in [0.2, 0.25) is 0 Å². The van der Waals surface area contributed by atoms with Gasteiger partial charge in [-0.3, -0.25) is 9.36 Å². The summed E-state index contributed by atoms with van der Waals surface area (Å²) in [4.78, 5) is 23.8. The van der Waals surface area contributed by atoms with Gasteiger partial charge >= 0.3 is 12.1 Å². The minimum atomic E-state index is -0.829. The molecule has 1 saturated carbocycles. The fraction of sp³-hybridized carbons (Fsp3) is 0.444. The van der Waals surface area contributed by atoms with Crippen LogP contribution in [0.25, 0.3) is 10.9 Å². The van der Waals surface area contributed by atoms with E-state index in [1.165, 1.54) is 24.5 Å². The number of para-hydroxylation sites is 1. The maximum Gasteiger partial charge on any atom is 0.418 e. The molecule has 1 unspecified atom stereocenters. The van der Waals surface area contributed by atoms with Crippen molar-refractivity contribution in [3.8, 4) is 0 Å². The third kappa shape index (κ3) is 2.96. The largest absolute Gasteiger partial charge is 0.481 e. The molecule has 2 aromatic rings. The van der Waals surface area contributed by atoms with Crippen molar-refractivity contribution in [3.05, 3.63) is 36.0 Å². The Labute approximate surface area is 134 Å². The Bertz CT molecular complexity index is 728. The summed E-state index contributed by atoms with van der Waals surface area (Å²) in [7, 11) is 1.32. The lowest BCUT2D eigenvalue weighted by atomic mass is 9.88. The van der Waals surface area contributed by atoms with Crippen molar-refractivity contribution in [3.63, 3.8) is 0 Å². The Morgan fingerprint density at radius 1 is 1.30 bits per heavy atom. The van der Waals surface area contributed by atoms with Gasteiger partial charge in [-0.2, -0.15) is 0 Å². The van der Waals surface area contributed by atoms with Crippen LogP contribution in [0.15, 0.2) is 30.5 Å². The van der Waals surface area contributed by atoms with Gasteiger partial charge < -0.3 is 9.84 Å². The maximum absolute atomic E-state index is 12.0. The van der Waals surface area contributed by atoms with E-state index in [4.69, 9.17) is 4.74 Å². The molecular formula is C18H21NO4. The highest BCUT2D eigenvalue weighted by Crippen LogP contribution is 2.37. The molecule has 0 radical (unpaired) electrons. The summed E-state index contributed by atoms with van der Waals surface area (Å²) in [5.74, 6) is -0.963. The lowest BCUT2D eigenvalue weighted by Crippen LogP contribution is -2.15. The van der Waals surface area contributed by atoms with E-state index in [-0.39, 0.29) is 0 Å². The SMILES string of the molecule is COC(=O)n1cc(C(CC2CCCC2)C(=O)O)c2ccccc21. The second-order valence-electron chi connectivity index (χ2n) is 6.22. The van der Waals surface area contributed by atoms with E-state index in [2.05, 4.69) is 0 Å². The quantitative estimate of drug-likeness (QED) is 0.925. The summed E-state index contributed by atoms with van der Waals surface area (Å²) in [6.07, 6.45) is 6.31. The van der Waals surface area contributed by atoms with Crippen molar-refractivity contribution in [2.75, 3.05) is 7.11 Å².